The zero-order valence-electron chi connectivity index (χ0n) is 26.9. The van der Waals surface area contributed by atoms with Crippen LogP contribution >= 0.6 is 0 Å². The molecule has 1 aliphatic heterocycles. The number of benzene rings is 2. The molecule has 2 nitrogen and oxygen atoms in total. The molecule has 3 aliphatic rings. The summed E-state index contributed by atoms with van der Waals surface area (Å²) in [7, 11) is 0. The first-order valence-electron chi connectivity index (χ1n) is 16.4. The van der Waals surface area contributed by atoms with Crippen molar-refractivity contribution in [3.05, 3.63) is 107 Å². The lowest BCUT2D eigenvalue weighted by atomic mass is 9.75. The summed E-state index contributed by atoms with van der Waals surface area (Å²) >= 11 is 0. The fourth-order valence-electron chi connectivity index (χ4n) is 7.74. The van der Waals surface area contributed by atoms with Crippen LogP contribution in [0.3, 0.4) is 0 Å². The first-order chi connectivity index (χ1) is 19.7. The van der Waals surface area contributed by atoms with Crippen LogP contribution in [0.5, 0.6) is 0 Å². The average Bonchev–Trinajstić information content (AvgIpc) is 3.37. The van der Waals surface area contributed by atoms with E-state index >= 15 is 0 Å². The van der Waals surface area contributed by atoms with Crippen LogP contribution in [0, 0.1) is 35.5 Å². The lowest BCUT2D eigenvalue weighted by Crippen LogP contribution is -2.42. The van der Waals surface area contributed by atoms with Crippen molar-refractivity contribution in [3.8, 4) is 0 Å². The maximum Gasteiger partial charge on any atom is 0.0750 e. The predicted molar refractivity (Wildman–Crippen MR) is 175 cm³/mol. The van der Waals surface area contributed by atoms with Crippen LogP contribution in [0.25, 0.3) is 0 Å². The topological polar surface area (TPSA) is 6.48 Å². The molecule has 220 valence electrons. The monoisotopic (exact) mass is 550 g/mol. The number of hydrogen-bond acceptors (Lipinski definition) is 2. The van der Waals surface area contributed by atoms with Crippen LogP contribution in [-0.2, 0) is 0 Å². The van der Waals surface area contributed by atoms with E-state index in [-0.39, 0.29) is 6.04 Å². The van der Waals surface area contributed by atoms with Gasteiger partial charge in [0.1, 0.15) is 0 Å². The molecule has 0 unspecified atom stereocenters. The van der Waals surface area contributed by atoms with Gasteiger partial charge in [-0.1, -0.05) is 134 Å². The Morgan fingerprint density at radius 3 is 1.80 bits per heavy atom. The molecule has 1 heterocycles. The summed E-state index contributed by atoms with van der Waals surface area (Å²) in [6, 6.07) is 23.8. The van der Waals surface area contributed by atoms with Crippen LogP contribution in [0.4, 0.5) is 0 Å². The van der Waals surface area contributed by atoms with Crippen molar-refractivity contribution in [3.63, 3.8) is 0 Å². The van der Waals surface area contributed by atoms with Crippen molar-refractivity contribution in [2.45, 2.75) is 92.8 Å². The van der Waals surface area contributed by atoms with Gasteiger partial charge in [0.15, 0.2) is 0 Å². The molecule has 41 heavy (non-hydrogen) atoms. The van der Waals surface area contributed by atoms with Crippen molar-refractivity contribution in [2.75, 3.05) is 6.67 Å². The second kappa shape index (κ2) is 12.7. The molecule has 1 fully saturated rings. The zero-order chi connectivity index (χ0) is 29.3. The quantitative estimate of drug-likeness (QED) is 0.302. The van der Waals surface area contributed by atoms with Crippen LogP contribution < -0.4 is 0 Å². The summed E-state index contributed by atoms with van der Waals surface area (Å²) < 4.78 is 0. The van der Waals surface area contributed by atoms with Gasteiger partial charge >= 0.3 is 0 Å². The molecule has 2 heteroatoms. The SMILES string of the molecule is CC(C)C1=CC[C@H](C(C)C)C(N2CN([C@@H]3C[C@H](C(C)C)CC=C3C(C)C)[C@H](c3ccccc3)[C@H]2c2ccccc2)=C1. The van der Waals surface area contributed by atoms with Crippen LogP contribution in [-0.4, -0.2) is 22.5 Å². The van der Waals surface area contributed by atoms with Gasteiger partial charge in [-0.25, -0.2) is 0 Å². The second-order valence-electron chi connectivity index (χ2n) is 14.2. The fourth-order valence-corrected chi connectivity index (χ4v) is 7.74. The lowest BCUT2D eigenvalue weighted by Gasteiger charge is -2.41. The molecule has 2 aromatic rings. The first-order valence-corrected chi connectivity index (χ1v) is 16.4. The highest BCUT2D eigenvalue weighted by Crippen LogP contribution is 2.52. The van der Waals surface area contributed by atoms with E-state index in [0.29, 0.717) is 41.7 Å². The van der Waals surface area contributed by atoms with Gasteiger partial charge in [-0.2, -0.15) is 0 Å². The lowest BCUT2D eigenvalue weighted by molar-refractivity contribution is 0.136. The highest BCUT2D eigenvalue weighted by molar-refractivity contribution is 5.37. The molecule has 5 atom stereocenters. The smallest absolute Gasteiger partial charge is 0.0750 e. The minimum absolute atomic E-state index is 0.269. The van der Waals surface area contributed by atoms with E-state index in [1.807, 2.05) is 0 Å². The average molecular weight is 551 g/mol. The Kier molecular flexibility index (Phi) is 9.29. The second-order valence-corrected chi connectivity index (χ2v) is 14.2. The summed E-state index contributed by atoms with van der Waals surface area (Å²) in [5, 5.41) is 0. The van der Waals surface area contributed by atoms with Crippen molar-refractivity contribution in [2.24, 2.45) is 35.5 Å². The number of hydrogen-bond donors (Lipinski definition) is 0. The molecule has 1 saturated heterocycles. The molecule has 0 amide bonds. The molecule has 0 N–H and O–H groups in total. The van der Waals surface area contributed by atoms with Gasteiger partial charge < -0.3 is 4.90 Å². The highest BCUT2D eigenvalue weighted by atomic mass is 15.4. The molecule has 0 radical (unpaired) electrons. The molecule has 5 rings (SSSR count). The minimum Gasteiger partial charge on any atom is -0.353 e. The van der Waals surface area contributed by atoms with E-state index in [0.717, 1.165) is 19.0 Å². The van der Waals surface area contributed by atoms with Crippen LogP contribution in [0.15, 0.2) is 95.7 Å². The van der Waals surface area contributed by atoms with E-state index in [9.17, 15) is 0 Å². The molecule has 2 aromatic carbocycles. The Morgan fingerprint density at radius 2 is 1.27 bits per heavy atom. The molecular weight excluding hydrogens is 496 g/mol. The summed E-state index contributed by atoms with van der Waals surface area (Å²) in [6.07, 6.45) is 11.3. The minimum atomic E-state index is 0.269. The van der Waals surface area contributed by atoms with E-state index in [1.54, 1.807) is 11.3 Å². The van der Waals surface area contributed by atoms with Crippen LogP contribution in [0.2, 0.25) is 0 Å². The standard InChI is InChI=1S/C39H54N2/c1-26(2)32-19-21-34(28(5)6)36(23-32)40-25-41(37-24-33(27(3)4)20-22-35(37)29(7)8)39(31-17-13-10-14-18-31)38(40)30-15-11-9-12-16-30/h9-19,22-23,26-29,33-34,37-39H,20-21,24-25H2,1-8H3/t33-,34-,37-,38-,39-/m1/s1. The molecule has 0 aromatic heterocycles. The summed E-state index contributed by atoms with van der Waals surface area (Å²) in [5.74, 6) is 3.66. The molecule has 0 saturated carbocycles. The van der Waals surface area contributed by atoms with Gasteiger partial charge in [0.05, 0.1) is 18.8 Å². The number of rotatable bonds is 8. The zero-order valence-corrected chi connectivity index (χ0v) is 26.9. The third kappa shape index (κ3) is 6.14. The van der Waals surface area contributed by atoms with Gasteiger partial charge in [0.2, 0.25) is 0 Å². The first kappa shape index (κ1) is 29.9. The molecule has 2 aliphatic carbocycles. The van der Waals surface area contributed by atoms with Gasteiger partial charge in [-0.15, -0.1) is 0 Å². The van der Waals surface area contributed by atoms with Crippen molar-refractivity contribution in [1.29, 1.82) is 0 Å². The molecular formula is C39H54N2. The van der Waals surface area contributed by atoms with Crippen molar-refractivity contribution >= 4 is 0 Å². The van der Waals surface area contributed by atoms with Gasteiger partial charge in [-0.05, 0) is 71.6 Å². The number of allylic oxidation sites excluding steroid dienone is 5. The van der Waals surface area contributed by atoms with Gasteiger partial charge in [-0.3, -0.25) is 4.90 Å². The van der Waals surface area contributed by atoms with Gasteiger partial charge in [0, 0.05) is 17.7 Å². The Bertz CT molecular complexity index is 1230. The molecule has 0 bridgehead atoms. The summed E-state index contributed by atoms with van der Waals surface area (Å²) in [6.45, 7) is 20.2. The highest BCUT2D eigenvalue weighted by Gasteiger charge is 2.48. The summed E-state index contributed by atoms with van der Waals surface area (Å²) in [5.41, 5.74) is 7.57. The molecule has 0 spiro atoms. The largest absolute Gasteiger partial charge is 0.353 e. The maximum atomic E-state index is 2.92. The van der Waals surface area contributed by atoms with E-state index in [1.165, 1.54) is 29.5 Å². The normalized spacial score (nSPS) is 27.6. The maximum absolute atomic E-state index is 2.92. The third-order valence-electron chi connectivity index (χ3n) is 10.3. The predicted octanol–water partition coefficient (Wildman–Crippen LogP) is 10.2. The number of nitrogens with zero attached hydrogens (tertiary/aromatic N) is 2. The fraction of sp³-hybridized carbons (Fsp3) is 0.538. The Hall–Kier alpha value is -2.58. The Balaban J connectivity index is 1.69. The van der Waals surface area contributed by atoms with Crippen molar-refractivity contribution < 1.29 is 0 Å². The summed E-state index contributed by atoms with van der Waals surface area (Å²) in [4.78, 5) is 5.75. The van der Waals surface area contributed by atoms with E-state index < -0.39 is 0 Å². The van der Waals surface area contributed by atoms with Crippen LogP contribution in [0.1, 0.15) is 97.9 Å². The van der Waals surface area contributed by atoms with Crippen molar-refractivity contribution in [1.82, 2.24) is 9.80 Å². The third-order valence-corrected chi connectivity index (χ3v) is 10.3. The van der Waals surface area contributed by atoms with E-state index in [2.05, 4.69) is 144 Å². The van der Waals surface area contributed by atoms with E-state index in [4.69, 9.17) is 0 Å². The van der Waals surface area contributed by atoms with Gasteiger partial charge in [0.25, 0.3) is 0 Å². The Labute approximate surface area is 251 Å². The Morgan fingerprint density at radius 1 is 0.659 bits per heavy atom.